The number of ether oxygens (including phenoxy) is 1. The molecule has 1 saturated carbocycles. The molecule has 1 aromatic heterocycles. The first-order valence-electron chi connectivity index (χ1n) is 10.7. The van der Waals surface area contributed by atoms with E-state index in [2.05, 4.69) is 45.0 Å². The molecule has 0 N–H and O–H groups in total. The molecule has 3 rings (SSSR count). The number of fused-ring (bicyclic) bond motifs is 1. The van der Waals surface area contributed by atoms with Crippen molar-refractivity contribution < 1.29 is 10.6 Å². The molecule has 2 nitrogen and oxygen atoms in total. The second-order valence-corrected chi connectivity index (χ2v) is 7.37. The van der Waals surface area contributed by atoms with Gasteiger partial charge >= 0.3 is 0 Å². The first kappa shape index (κ1) is 22.8. The third-order valence-corrected chi connectivity index (χ3v) is 5.29. The molecule has 1 fully saturated rings. The molecule has 1 aliphatic rings. The van der Waals surface area contributed by atoms with Crippen LogP contribution in [0.15, 0.2) is 34.9 Å². The fourth-order valence-corrected chi connectivity index (χ4v) is 3.43. The van der Waals surface area contributed by atoms with Crippen molar-refractivity contribution in [3.63, 3.8) is 0 Å². The van der Waals surface area contributed by atoms with Gasteiger partial charge < -0.3 is 9.15 Å². The van der Waals surface area contributed by atoms with Gasteiger partial charge in [-0.1, -0.05) is 47.1 Å². The van der Waals surface area contributed by atoms with Gasteiger partial charge in [-0.05, 0) is 75.1 Å². The summed E-state index contributed by atoms with van der Waals surface area (Å²) in [4.78, 5) is 0. The first-order valence-corrected chi connectivity index (χ1v) is 10.7. The molecular formula is C24H42O2. The maximum atomic E-state index is 6.15. The van der Waals surface area contributed by atoms with Crippen molar-refractivity contribution in [3.8, 4) is 0 Å². The van der Waals surface area contributed by atoms with Crippen molar-refractivity contribution in [2.75, 3.05) is 6.61 Å². The summed E-state index contributed by atoms with van der Waals surface area (Å²) in [6, 6.07) is 8.73. The molecule has 2 aromatic rings. The number of hydrogen-bond acceptors (Lipinski definition) is 2. The van der Waals surface area contributed by atoms with Crippen molar-refractivity contribution in [1.82, 2.24) is 0 Å². The zero-order chi connectivity index (χ0) is 19.6. The molecule has 2 heteroatoms. The largest absolute Gasteiger partial charge is 0.464 e. The van der Waals surface area contributed by atoms with Crippen LogP contribution in [-0.4, -0.2) is 12.2 Å². The summed E-state index contributed by atoms with van der Waals surface area (Å²) in [7, 11) is 0. The van der Waals surface area contributed by atoms with Crippen LogP contribution in [0.5, 0.6) is 0 Å². The zero-order valence-electron chi connectivity index (χ0n) is 18.1. The second-order valence-electron chi connectivity index (χ2n) is 7.37. The van der Waals surface area contributed by atoms with Gasteiger partial charge in [0.2, 0.25) is 0 Å². The van der Waals surface area contributed by atoms with Crippen LogP contribution in [0.3, 0.4) is 0 Å². The van der Waals surface area contributed by atoms with E-state index in [0.29, 0.717) is 11.8 Å². The Morgan fingerprint density at radius 3 is 2.54 bits per heavy atom. The first-order chi connectivity index (χ1) is 12.6. The van der Waals surface area contributed by atoms with E-state index in [0.717, 1.165) is 18.6 Å². The third-order valence-electron chi connectivity index (χ3n) is 5.29. The van der Waals surface area contributed by atoms with Gasteiger partial charge in [-0.3, -0.25) is 0 Å². The molecule has 150 valence electrons. The summed E-state index contributed by atoms with van der Waals surface area (Å²) in [5.74, 6) is 1.37. The molecule has 0 aliphatic heterocycles. The lowest BCUT2D eigenvalue weighted by atomic mass is 9.78. The van der Waals surface area contributed by atoms with Crippen LogP contribution in [0.4, 0.5) is 0 Å². The molecule has 1 aromatic carbocycles. The lowest BCUT2D eigenvalue weighted by molar-refractivity contribution is -0.0437. The Morgan fingerprint density at radius 2 is 1.85 bits per heavy atom. The Bertz CT molecular complexity index is 618. The molecule has 1 aliphatic carbocycles. The summed E-state index contributed by atoms with van der Waals surface area (Å²) in [6.45, 7) is 15.5. The van der Waals surface area contributed by atoms with Gasteiger partial charge in [0.05, 0.1) is 18.5 Å². The van der Waals surface area contributed by atoms with E-state index in [1.54, 1.807) is 6.26 Å². The Balaban J connectivity index is 0.00000127. The maximum Gasteiger partial charge on any atom is 0.133 e. The van der Waals surface area contributed by atoms with Crippen molar-refractivity contribution in [2.24, 2.45) is 5.92 Å². The van der Waals surface area contributed by atoms with Crippen molar-refractivity contribution in [1.29, 1.82) is 0 Å². The molecule has 26 heavy (non-hydrogen) atoms. The summed E-state index contributed by atoms with van der Waals surface area (Å²) in [6.07, 6.45) is 8.03. The Kier molecular flexibility index (Phi) is 10.0. The minimum Gasteiger partial charge on any atom is -0.464 e. The number of hydrogen-bond donors (Lipinski definition) is 0. The lowest BCUT2D eigenvalue weighted by Crippen LogP contribution is -2.28. The van der Waals surface area contributed by atoms with Gasteiger partial charge in [0.25, 0.3) is 0 Å². The molecular weight excluding hydrogens is 320 g/mol. The molecule has 0 amide bonds. The summed E-state index contributed by atoms with van der Waals surface area (Å²) in [5, 5.41) is 1.22. The zero-order valence-corrected chi connectivity index (χ0v) is 18.1. The van der Waals surface area contributed by atoms with E-state index in [4.69, 9.17) is 9.15 Å². The van der Waals surface area contributed by atoms with E-state index in [-0.39, 0.29) is 7.03 Å². The normalized spacial score (nSPS) is 20.0. The number of rotatable bonds is 5. The van der Waals surface area contributed by atoms with Crippen LogP contribution in [0, 0.1) is 5.92 Å². The number of benzene rings is 1. The lowest BCUT2D eigenvalue weighted by Gasteiger charge is -2.32. The highest BCUT2D eigenvalue weighted by atomic mass is 16.5. The van der Waals surface area contributed by atoms with Gasteiger partial charge in [-0.2, -0.15) is 0 Å². The monoisotopic (exact) mass is 362 g/mol. The van der Waals surface area contributed by atoms with Crippen LogP contribution in [0.2, 0.25) is 0 Å². The fourth-order valence-electron chi connectivity index (χ4n) is 3.43. The highest BCUT2D eigenvalue weighted by molar-refractivity contribution is 5.77. The molecule has 0 bridgehead atoms. The van der Waals surface area contributed by atoms with E-state index in [1.165, 1.54) is 36.6 Å². The van der Waals surface area contributed by atoms with Crippen LogP contribution in [-0.2, 0) is 4.74 Å². The topological polar surface area (TPSA) is 22.4 Å². The third kappa shape index (κ3) is 6.46. The van der Waals surface area contributed by atoms with Crippen LogP contribution < -0.4 is 0 Å². The molecule has 0 saturated heterocycles. The molecule has 2 unspecified atom stereocenters. The second kappa shape index (κ2) is 11.4. The summed E-state index contributed by atoms with van der Waals surface area (Å²) in [5.41, 5.74) is 2.47. The quantitative estimate of drug-likeness (QED) is 0.534. The van der Waals surface area contributed by atoms with Gasteiger partial charge in [0, 0.05) is 6.81 Å². The predicted octanol–water partition coefficient (Wildman–Crippen LogP) is 8.21. The Morgan fingerprint density at radius 1 is 1.12 bits per heavy atom. The van der Waals surface area contributed by atoms with Crippen LogP contribution >= 0.6 is 0 Å². The van der Waals surface area contributed by atoms with Crippen molar-refractivity contribution in [2.45, 2.75) is 92.1 Å². The van der Waals surface area contributed by atoms with Crippen molar-refractivity contribution in [3.05, 3.63) is 36.1 Å². The molecule has 1 heterocycles. The average molecular weight is 363 g/mol. The highest BCUT2D eigenvalue weighted by Crippen LogP contribution is 2.37. The predicted molar refractivity (Wildman–Crippen MR) is 116 cm³/mol. The standard InChI is InChI=1S/C20H28O2.2C2H6.H2/c1-4-20(2,3)22-14-15-6-5-7-16(12-15)17-8-9-19-18(13-17)10-11-21-19;2*1-2;/h8-11,13,15-16H,4-7,12,14H2,1-3H3;2*1-2H3;1H. The Labute approximate surface area is 162 Å². The van der Waals surface area contributed by atoms with Gasteiger partial charge in [0.1, 0.15) is 5.58 Å². The summed E-state index contributed by atoms with van der Waals surface area (Å²) >= 11 is 0. The van der Waals surface area contributed by atoms with Crippen molar-refractivity contribution >= 4 is 11.0 Å². The molecule has 0 spiro atoms. The van der Waals surface area contributed by atoms with Crippen LogP contribution in [0.25, 0.3) is 11.0 Å². The van der Waals surface area contributed by atoms with Gasteiger partial charge in [0.15, 0.2) is 0 Å². The number of furan rings is 1. The molecule has 2 atom stereocenters. The fraction of sp³-hybridized carbons (Fsp3) is 0.667. The SMILES string of the molecule is CC.CC.CCC(C)(C)OCC1CCCC(c2ccc3occc3c2)C1.[HH]. The van der Waals surface area contributed by atoms with E-state index >= 15 is 0 Å². The van der Waals surface area contributed by atoms with E-state index in [1.807, 2.05) is 27.7 Å². The Hall–Kier alpha value is -1.28. The smallest absolute Gasteiger partial charge is 0.133 e. The van der Waals surface area contributed by atoms with Crippen LogP contribution in [0.1, 0.15) is 93.5 Å². The minimum absolute atomic E-state index is 0. The highest BCUT2D eigenvalue weighted by Gasteiger charge is 2.26. The minimum atomic E-state index is 0. The van der Waals surface area contributed by atoms with E-state index < -0.39 is 0 Å². The van der Waals surface area contributed by atoms with E-state index in [9.17, 15) is 0 Å². The maximum absolute atomic E-state index is 6.15. The average Bonchev–Trinajstić information content (AvgIpc) is 3.18. The van der Waals surface area contributed by atoms with Gasteiger partial charge in [-0.25, -0.2) is 0 Å². The summed E-state index contributed by atoms with van der Waals surface area (Å²) < 4.78 is 11.6. The van der Waals surface area contributed by atoms with Gasteiger partial charge in [-0.15, -0.1) is 0 Å². The molecule has 0 radical (unpaired) electrons.